The number of carbonyl (C=O) groups is 2. The molecule has 2 fully saturated rings. The summed E-state index contributed by atoms with van der Waals surface area (Å²) >= 11 is 0. The molecule has 0 atom stereocenters. The van der Waals surface area contributed by atoms with Crippen molar-refractivity contribution in [3.63, 3.8) is 0 Å². The molecule has 0 saturated carbocycles. The van der Waals surface area contributed by atoms with Gasteiger partial charge in [0.2, 0.25) is 0 Å². The molecule has 2 aliphatic rings. The van der Waals surface area contributed by atoms with E-state index in [4.69, 9.17) is 31.3 Å². The van der Waals surface area contributed by atoms with Crippen LogP contribution in [0.15, 0.2) is 0 Å². The van der Waals surface area contributed by atoms with E-state index in [9.17, 15) is 43.9 Å². The molecule has 2 saturated heterocycles. The van der Waals surface area contributed by atoms with E-state index in [0.29, 0.717) is 26.2 Å². The van der Waals surface area contributed by atoms with Crippen molar-refractivity contribution in [1.29, 1.82) is 0 Å². The highest BCUT2D eigenvalue weighted by Gasteiger charge is 2.38. The third-order valence-electron chi connectivity index (χ3n) is 3.25. The van der Waals surface area contributed by atoms with Crippen molar-refractivity contribution in [3.8, 4) is 0 Å². The summed E-state index contributed by atoms with van der Waals surface area (Å²) < 4.78 is 110. The van der Waals surface area contributed by atoms with E-state index in [1.54, 1.807) is 9.80 Å². The zero-order valence-corrected chi connectivity index (χ0v) is 16.1. The number of carboxylic acids is 2. The van der Waals surface area contributed by atoms with Crippen molar-refractivity contribution in [2.45, 2.75) is 37.3 Å². The lowest BCUT2D eigenvalue weighted by Crippen LogP contribution is -2.56. The molecular weight excluding hydrogens is 478 g/mol. The second-order valence-corrected chi connectivity index (χ2v) is 6.35. The first-order valence-electron chi connectivity index (χ1n) is 8.38. The van der Waals surface area contributed by atoms with Crippen LogP contribution in [0, 0.1) is 0 Å². The van der Waals surface area contributed by atoms with Crippen molar-refractivity contribution < 1.29 is 63.7 Å². The van der Waals surface area contributed by atoms with Gasteiger partial charge in [0.25, 0.3) is 12.9 Å². The number of hydrogen-bond acceptors (Lipinski definition) is 6. The van der Waals surface area contributed by atoms with Crippen molar-refractivity contribution in [2.75, 3.05) is 39.3 Å². The molecule has 18 heteroatoms. The van der Waals surface area contributed by atoms with Crippen molar-refractivity contribution >= 4 is 11.9 Å². The topological polar surface area (TPSA) is 133 Å². The maximum atomic E-state index is 11.6. The van der Waals surface area contributed by atoms with Crippen molar-refractivity contribution in [1.82, 2.24) is 9.80 Å². The molecule has 0 aromatic heterocycles. The number of nitrogens with zero attached hydrogens (tertiary/aromatic N) is 2. The van der Waals surface area contributed by atoms with Crippen LogP contribution in [0.5, 0.6) is 0 Å². The minimum Gasteiger partial charge on any atom is -0.475 e. The maximum absolute atomic E-state index is 11.6. The zero-order valence-electron chi connectivity index (χ0n) is 16.1. The summed E-state index contributed by atoms with van der Waals surface area (Å²) in [5.74, 6) is -5.51. The van der Waals surface area contributed by atoms with E-state index in [1.807, 2.05) is 0 Å². The Morgan fingerprint density at radius 1 is 0.719 bits per heavy atom. The third kappa shape index (κ3) is 17.7. The van der Waals surface area contributed by atoms with Gasteiger partial charge in [0.1, 0.15) is 0 Å². The molecule has 2 heterocycles. The number of halogens is 10. The van der Waals surface area contributed by atoms with E-state index >= 15 is 0 Å². The van der Waals surface area contributed by atoms with Gasteiger partial charge in [-0.25, -0.2) is 27.2 Å². The molecule has 0 aliphatic carbocycles. The quantitative estimate of drug-likeness (QED) is 0.422. The van der Waals surface area contributed by atoms with Crippen LogP contribution < -0.4 is 11.5 Å². The van der Waals surface area contributed by atoms with Crippen LogP contribution in [0.3, 0.4) is 0 Å². The highest BCUT2D eigenvalue weighted by Crippen LogP contribution is 2.13. The Balaban J connectivity index is 0. The monoisotopic (exact) mass is 500 g/mol. The molecule has 0 aromatic carbocycles. The average Bonchev–Trinajstić information content (AvgIpc) is 2.51. The van der Waals surface area contributed by atoms with E-state index in [-0.39, 0.29) is 25.2 Å². The molecule has 6 N–H and O–H groups in total. The van der Waals surface area contributed by atoms with Crippen LogP contribution in [0.25, 0.3) is 0 Å². The first kappa shape index (κ1) is 32.3. The minimum atomic E-state index is -5.08. The molecule has 2 aliphatic heterocycles. The van der Waals surface area contributed by atoms with Crippen LogP contribution in [0.4, 0.5) is 43.9 Å². The number of aliphatic carboxylic acids is 2. The predicted molar refractivity (Wildman–Crippen MR) is 88.2 cm³/mol. The lowest BCUT2D eigenvalue weighted by molar-refractivity contribution is -0.193. The Labute approximate surface area is 174 Å². The molecule has 8 nitrogen and oxygen atoms in total. The summed E-state index contributed by atoms with van der Waals surface area (Å²) in [4.78, 5) is 21.1. The predicted octanol–water partition coefficient (Wildman–Crippen LogP) is 1.06. The first-order chi connectivity index (χ1) is 14.2. The molecule has 0 amide bonds. The Morgan fingerprint density at radius 3 is 1.00 bits per heavy atom. The summed E-state index contributed by atoms with van der Waals surface area (Å²) in [7, 11) is 0. The van der Waals surface area contributed by atoms with Crippen LogP contribution in [0.1, 0.15) is 0 Å². The molecule has 0 spiro atoms. The van der Waals surface area contributed by atoms with Crippen LogP contribution in [0.2, 0.25) is 0 Å². The summed E-state index contributed by atoms with van der Waals surface area (Å²) in [6.45, 7) is 2.28. The van der Waals surface area contributed by atoms with E-state index in [2.05, 4.69) is 0 Å². The van der Waals surface area contributed by atoms with E-state index in [1.165, 1.54) is 0 Å². The van der Waals surface area contributed by atoms with Gasteiger partial charge in [-0.1, -0.05) is 0 Å². The molecular formula is C14H22F10N4O4. The molecule has 0 aromatic rings. The Hall–Kier alpha value is -1.92. The lowest BCUT2D eigenvalue weighted by atomic mass is 10.1. The summed E-state index contributed by atoms with van der Waals surface area (Å²) in [5, 5.41) is 14.2. The van der Waals surface area contributed by atoms with Crippen LogP contribution in [-0.2, 0) is 9.59 Å². The number of alkyl halides is 10. The minimum absolute atomic E-state index is 0.117. The number of carboxylic acid groups (broad SMARTS) is 2. The first-order valence-corrected chi connectivity index (χ1v) is 8.38. The normalized spacial score (nSPS) is 17.7. The van der Waals surface area contributed by atoms with Crippen molar-refractivity contribution in [3.05, 3.63) is 0 Å². The standard InChI is InChI=1S/2C5H10F2N2.2C2HF3O2/c2*6-5(7)3-9-1-4(8)2-9;2*3-2(4,5)1(6)7/h2*4-5H,1-3,8H2;2*(H,6,7). The fraction of sp³-hybridized carbons (Fsp3) is 0.857. The van der Waals surface area contributed by atoms with Gasteiger partial charge in [-0.05, 0) is 0 Å². The maximum Gasteiger partial charge on any atom is 0.490 e. The Morgan fingerprint density at radius 2 is 0.906 bits per heavy atom. The number of hydrogen-bond donors (Lipinski definition) is 4. The highest BCUT2D eigenvalue weighted by molar-refractivity contribution is 5.73. The number of nitrogens with two attached hydrogens (primary N) is 2. The second kappa shape index (κ2) is 14.3. The molecule has 0 unspecified atom stereocenters. The number of likely N-dealkylation sites (tertiary alicyclic amines) is 2. The van der Waals surface area contributed by atoms with Crippen LogP contribution >= 0.6 is 0 Å². The zero-order chi connectivity index (χ0) is 25.9. The van der Waals surface area contributed by atoms with Gasteiger partial charge in [0, 0.05) is 38.3 Å². The Kier molecular flexibility index (Phi) is 14.4. The van der Waals surface area contributed by atoms with Crippen molar-refractivity contribution in [2.24, 2.45) is 11.5 Å². The smallest absolute Gasteiger partial charge is 0.475 e. The van der Waals surface area contributed by atoms with Gasteiger partial charge >= 0.3 is 24.3 Å². The fourth-order valence-corrected chi connectivity index (χ4v) is 1.91. The number of rotatable bonds is 4. The fourth-order valence-electron chi connectivity index (χ4n) is 1.91. The van der Waals surface area contributed by atoms with Gasteiger partial charge in [-0.2, -0.15) is 26.3 Å². The summed E-state index contributed by atoms with van der Waals surface area (Å²) in [6, 6.07) is 0.257. The molecule has 2 rings (SSSR count). The van der Waals surface area contributed by atoms with E-state index in [0.717, 1.165) is 0 Å². The molecule has 192 valence electrons. The average molecular weight is 500 g/mol. The van der Waals surface area contributed by atoms with Gasteiger partial charge in [0.05, 0.1) is 13.1 Å². The van der Waals surface area contributed by atoms with Crippen LogP contribution in [-0.4, -0.2) is 109 Å². The second-order valence-electron chi connectivity index (χ2n) is 6.35. The molecule has 0 bridgehead atoms. The molecule has 32 heavy (non-hydrogen) atoms. The van der Waals surface area contributed by atoms with Gasteiger partial charge in [0.15, 0.2) is 0 Å². The Bertz CT molecular complexity index is 503. The van der Waals surface area contributed by atoms with E-state index < -0.39 is 37.1 Å². The summed E-state index contributed by atoms with van der Waals surface area (Å²) in [6.07, 6.45) is -14.6. The van der Waals surface area contributed by atoms with Gasteiger partial charge in [-0.15, -0.1) is 0 Å². The molecule has 0 radical (unpaired) electrons. The van der Waals surface area contributed by atoms with Gasteiger partial charge in [-0.3, -0.25) is 9.80 Å². The SMILES string of the molecule is NC1CN(CC(F)F)C1.NC1CN(CC(F)F)C1.O=C(O)C(F)(F)F.O=C(O)C(F)(F)F. The largest absolute Gasteiger partial charge is 0.490 e. The third-order valence-corrected chi connectivity index (χ3v) is 3.25. The van der Waals surface area contributed by atoms with Gasteiger partial charge < -0.3 is 21.7 Å². The highest BCUT2D eigenvalue weighted by atomic mass is 19.4. The lowest BCUT2D eigenvalue weighted by Gasteiger charge is -2.36. The summed E-state index contributed by atoms with van der Waals surface area (Å²) in [5.41, 5.74) is 10.7.